The first kappa shape index (κ1) is 12.7. The zero-order chi connectivity index (χ0) is 14.9. The molecule has 4 nitrogen and oxygen atoms in total. The summed E-state index contributed by atoms with van der Waals surface area (Å²) in [6.45, 7) is 0. The number of imidazole rings is 1. The highest BCUT2D eigenvalue weighted by Crippen LogP contribution is 2.24. The predicted octanol–water partition coefficient (Wildman–Crippen LogP) is 3.83. The predicted molar refractivity (Wildman–Crippen MR) is 89.5 cm³/mol. The summed E-state index contributed by atoms with van der Waals surface area (Å²) in [5, 5.41) is 3.17. The number of hydrogen-bond acceptors (Lipinski definition) is 2. The van der Waals surface area contributed by atoms with E-state index in [1.807, 2.05) is 49.9 Å². The van der Waals surface area contributed by atoms with Gasteiger partial charge in [-0.25, -0.2) is 4.98 Å². The van der Waals surface area contributed by atoms with Gasteiger partial charge in [-0.1, -0.05) is 12.1 Å². The van der Waals surface area contributed by atoms with Crippen LogP contribution >= 0.6 is 0 Å². The Bertz CT molecular complexity index is 919. The van der Waals surface area contributed by atoms with Crippen LogP contribution in [0.2, 0.25) is 0 Å². The molecule has 0 aliphatic rings. The third kappa shape index (κ3) is 2.05. The van der Waals surface area contributed by atoms with Crippen molar-refractivity contribution in [1.82, 2.24) is 14.0 Å². The molecule has 3 aromatic heterocycles. The van der Waals surface area contributed by atoms with Crippen LogP contribution in [0.3, 0.4) is 0 Å². The lowest BCUT2D eigenvalue weighted by molar-refractivity contribution is 1.08. The maximum absolute atomic E-state index is 4.49. The molecule has 0 unspecified atom stereocenters. The lowest BCUT2D eigenvalue weighted by Crippen LogP contribution is -1.94. The SMILES string of the molecule is CNc1ccc2ncc(-c3cccc(-n4cccc4)c3)n2c1. The third-order valence-corrected chi connectivity index (χ3v) is 3.84. The molecule has 4 heteroatoms. The first-order chi connectivity index (χ1) is 10.8. The Balaban J connectivity index is 1.87. The van der Waals surface area contributed by atoms with Crippen LogP contribution in [-0.2, 0) is 0 Å². The lowest BCUT2D eigenvalue weighted by atomic mass is 10.1. The molecule has 108 valence electrons. The van der Waals surface area contributed by atoms with Crippen molar-refractivity contribution in [2.24, 2.45) is 0 Å². The number of aromatic nitrogens is 3. The zero-order valence-electron chi connectivity index (χ0n) is 12.3. The van der Waals surface area contributed by atoms with Gasteiger partial charge in [0.25, 0.3) is 0 Å². The summed E-state index contributed by atoms with van der Waals surface area (Å²) < 4.78 is 4.21. The second kappa shape index (κ2) is 5.07. The zero-order valence-corrected chi connectivity index (χ0v) is 12.3. The summed E-state index contributed by atoms with van der Waals surface area (Å²) >= 11 is 0. The molecule has 0 bridgehead atoms. The second-order valence-corrected chi connectivity index (χ2v) is 5.18. The largest absolute Gasteiger partial charge is 0.387 e. The van der Waals surface area contributed by atoms with Gasteiger partial charge < -0.3 is 9.88 Å². The van der Waals surface area contributed by atoms with Gasteiger partial charge in [0.1, 0.15) is 5.65 Å². The normalized spacial score (nSPS) is 11.0. The van der Waals surface area contributed by atoms with Crippen molar-refractivity contribution in [3.8, 4) is 16.9 Å². The Morgan fingerprint density at radius 2 is 1.86 bits per heavy atom. The summed E-state index contributed by atoms with van der Waals surface area (Å²) in [6.07, 6.45) is 8.09. The van der Waals surface area contributed by atoms with Gasteiger partial charge in [0.2, 0.25) is 0 Å². The fraction of sp³-hybridized carbons (Fsp3) is 0.0556. The molecular formula is C18H16N4. The molecule has 0 saturated carbocycles. The smallest absolute Gasteiger partial charge is 0.137 e. The summed E-state index contributed by atoms with van der Waals surface area (Å²) in [6, 6.07) is 16.6. The van der Waals surface area contributed by atoms with Gasteiger partial charge in [-0.05, 0) is 36.4 Å². The van der Waals surface area contributed by atoms with Crippen LogP contribution < -0.4 is 5.32 Å². The average Bonchev–Trinajstić information content (AvgIpc) is 3.24. The van der Waals surface area contributed by atoms with Crippen molar-refractivity contribution in [3.05, 3.63) is 73.3 Å². The highest BCUT2D eigenvalue weighted by Gasteiger charge is 2.07. The Hall–Kier alpha value is -3.01. The maximum atomic E-state index is 4.49. The van der Waals surface area contributed by atoms with E-state index in [2.05, 4.69) is 49.7 Å². The van der Waals surface area contributed by atoms with E-state index in [-0.39, 0.29) is 0 Å². The summed E-state index contributed by atoms with van der Waals surface area (Å²) in [5.41, 5.74) is 5.38. The van der Waals surface area contributed by atoms with Crippen LogP contribution in [0.15, 0.2) is 73.3 Å². The first-order valence-electron chi connectivity index (χ1n) is 7.24. The number of rotatable bonds is 3. The van der Waals surface area contributed by atoms with E-state index in [0.717, 1.165) is 28.3 Å². The molecule has 0 aliphatic heterocycles. The van der Waals surface area contributed by atoms with E-state index in [9.17, 15) is 0 Å². The highest BCUT2D eigenvalue weighted by atomic mass is 15.0. The van der Waals surface area contributed by atoms with Crippen molar-refractivity contribution >= 4 is 11.3 Å². The molecule has 0 saturated heterocycles. The number of benzene rings is 1. The van der Waals surface area contributed by atoms with Crippen molar-refractivity contribution in [1.29, 1.82) is 0 Å². The average molecular weight is 288 g/mol. The molecule has 4 rings (SSSR count). The third-order valence-electron chi connectivity index (χ3n) is 3.84. The van der Waals surface area contributed by atoms with E-state index >= 15 is 0 Å². The summed E-state index contributed by atoms with van der Waals surface area (Å²) in [4.78, 5) is 4.49. The minimum absolute atomic E-state index is 0.945. The fourth-order valence-electron chi connectivity index (χ4n) is 2.67. The van der Waals surface area contributed by atoms with Gasteiger partial charge in [-0.15, -0.1) is 0 Å². The van der Waals surface area contributed by atoms with Gasteiger partial charge >= 0.3 is 0 Å². The summed E-state index contributed by atoms with van der Waals surface area (Å²) in [7, 11) is 1.92. The molecule has 22 heavy (non-hydrogen) atoms. The van der Waals surface area contributed by atoms with Crippen molar-refractivity contribution in [3.63, 3.8) is 0 Å². The van der Waals surface area contributed by atoms with Crippen LogP contribution in [0.1, 0.15) is 0 Å². The Labute approximate surface area is 128 Å². The van der Waals surface area contributed by atoms with Crippen LogP contribution in [0, 0.1) is 0 Å². The van der Waals surface area contributed by atoms with Gasteiger partial charge in [0, 0.05) is 36.9 Å². The van der Waals surface area contributed by atoms with Crippen LogP contribution in [0.4, 0.5) is 5.69 Å². The summed E-state index contributed by atoms with van der Waals surface area (Å²) in [5.74, 6) is 0. The first-order valence-corrected chi connectivity index (χ1v) is 7.24. The van der Waals surface area contributed by atoms with E-state index < -0.39 is 0 Å². The number of fused-ring (bicyclic) bond motifs is 1. The number of hydrogen-bond donors (Lipinski definition) is 1. The molecule has 3 heterocycles. The maximum Gasteiger partial charge on any atom is 0.137 e. The van der Waals surface area contributed by atoms with Gasteiger partial charge in [-0.2, -0.15) is 0 Å². The molecule has 1 aromatic carbocycles. The minimum atomic E-state index is 0.945. The van der Waals surface area contributed by atoms with E-state index in [1.54, 1.807) is 0 Å². The Kier molecular flexibility index (Phi) is 2.93. The lowest BCUT2D eigenvalue weighted by Gasteiger charge is -2.08. The number of anilines is 1. The molecule has 0 aliphatic carbocycles. The van der Waals surface area contributed by atoms with E-state index in [4.69, 9.17) is 0 Å². The molecule has 0 atom stereocenters. The molecular weight excluding hydrogens is 272 g/mol. The van der Waals surface area contributed by atoms with Crippen molar-refractivity contribution in [2.75, 3.05) is 12.4 Å². The Morgan fingerprint density at radius 3 is 2.68 bits per heavy atom. The Morgan fingerprint density at radius 1 is 1.00 bits per heavy atom. The van der Waals surface area contributed by atoms with Crippen LogP contribution in [0.25, 0.3) is 22.6 Å². The van der Waals surface area contributed by atoms with Gasteiger partial charge in [0.15, 0.2) is 0 Å². The van der Waals surface area contributed by atoms with E-state index in [0.29, 0.717) is 0 Å². The van der Waals surface area contributed by atoms with Crippen LogP contribution in [-0.4, -0.2) is 21.0 Å². The highest BCUT2D eigenvalue weighted by molar-refractivity contribution is 5.67. The monoisotopic (exact) mass is 288 g/mol. The quantitative estimate of drug-likeness (QED) is 0.621. The number of nitrogens with one attached hydrogen (secondary N) is 1. The number of nitrogens with zero attached hydrogens (tertiary/aromatic N) is 3. The van der Waals surface area contributed by atoms with Gasteiger partial charge in [0.05, 0.1) is 17.6 Å². The standard InChI is InChI=1S/C18H16N4/c1-19-15-7-8-18-20-12-17(22(18)13-15)14-5-4-6-16(11-14)21-9-2-3-10-21/h2-13,19H,1H3. The van der Waals surface area contributed by atoms with Crippen molar-refractivity contribution in [2.45, 2.75) is 0 Å². The molecule has 0 amide bonds. The fourth-order valence-corrected chi connectivity index (χ4v) is 2.67. The number of pyridine rings is 1. The van der Waals surface area contributed by atoms with E-state index in [1.165, 1.54) is 0 Å². The topological polar surface area (TPSA) is 34.3 Å². The van der Waals surface area contributed by atoms with Crippen LogP contribution in [0.5, 0.6) is 0 Å². The molecule has 1 N–H and O–H groups in total. The molecule has 0 fully saturated rings. The second-order valence-electron chi connectivity index (χ2n) is 5.18. The van der Waals surface area contributed by atoms with Crippen molar-refractivity contribution < 1.29 is 0 Å². The van der Waals surface area contributed by atoms with Gasteiger partial charge in [-0.3, -0.25) is 4.40 Å². The minimum Gasteiger partial charge on any atom is -0.387 e. The molecule has 0 spiro atoms. The molecule has 4 aromatic rings. The molecule has 0 radical (unpaired) electrons.